The number of hydrogen-bond donors (Lipinski definition) is 3. The van der Waals surface area contributed by atoms with Crippen molar-refractivity contribution in [3.63, 3.8) is 0 Å². The van der Waals surface area contributed by atoms with Crippen molar-refractivity contribution in [1.29, 1.82) is 0 Å². The van der Waals surface area contributed by atoms with Crippen LogP contribution in [0.1, 0.15) is 92.9 Å². The maximum Gasteiger partial charge on any atom is 0.201 e. The smallest absolute Gasteiger partial charge is 0.201 e. The van der Waals surface area contributed by atoms with Crippen molar-refractivity contribution in [3.05, 3.63) is 0 Å². The van der Waals surface area contributed by atoms with Gasteiger partial charge in [-0.25, -0.2) is 0 Å². The van der Waals surface area contributed by atoms with E-state index in [1.807, 2.05) is 6.92 Å². The van der Waals surface area contributed by atoms with Gasteiger partial charge in [-0.1, -0.05) is 34.6 Å². The third-order valence-corrected chi connectivity index (χ3v) is 14.8. The molecule has 3 saturated heterocycles. The molecule has 3 aliphatic heterocycles. The van der Waals surface area contributed by atoms with Crippen molar-refractivity contribution < 1.29 is 29.5 Å². The van der Waals surface area contributed by atoms with Crippen LogP contribution in [0.15, 0.2) is 0 Å². The molecule has 5 aliphatic carbocycles. The zero-order valence-corrected chi connectivity index (χ0v) is 22.9. The summed E-state index contributed by atoms with van der Waals surface area (Å²) < 4.78 is 19.1. The van der Waals surface area contributed by atoms with E-state index < -0.39 is 23.8 Å². The fraction of sp³-hybridized carbons (Fsp3) is 1.00. The highest BCUT2D eigenvalue weighted by molar-refractivity contribution is 5.33. The first-order chi connectivity index (χ1) is 16.7. The minimum absolute atomic E-state index is 0.0210. The van der Waals surface area contributed by atoms with E-state index in [0.29, 0.717) is 30.1 Å². The highest BCUT2D eigenvalue weighted by Gasteiger charge is 2.86. The molecule has 0 aromatic carbocycles. The van der Waals surface area contributed by atoms with Crippen molar-refractivity contribution in [2.45, 2.75) is 135 Å². The quantitative estimate of drug-likeness (QED) is 0.434. The average molecular weight is 503 g/mol. The first-order valence-electron chi connectivity index (χ1n) is 14.8. The summed E-state index contributed by atoms with van der Waals surface area (Å²) >= 11 is 0. The summed E-state index contributed by atoms with van der Waals surface area (Å²) in [5, 5.41) is 33.1. The third-order valence-electron chi connectivity index (χ3n) is 14.8. The molecule has 5 saturated carbocycles. The molecule has 8 fully saturated rings. The standard InChI is InChI=1S/C30H46O6/c1-15-12-30(22-27(6,35-22)23(33)36-30)34-16-13-26(5)18-8-7-17-24(2,3)19(31)11-20(32)29(17)14-28(18,29)10-9-25(26,4)21(15)16/h15-23,31-33H,7-14H2,1-6H3/t15-,16+,17?,18?,19+,20+,21+,22-,23?,25-,26+,27+,28+,29-,30-/m1/s1. The fourth-order valence-corrected chi connectivity index (χ4v) is 12.9. The van der Waals surface area contributed by atoms with Crippen LogP contribution in [0.4, 0.5) is 0 Å². The van der Waals surface area contributed by atoms with Crippen LogP contribution in [0.5, 0.6) is 0 Å². The lowest BCUT2D eigenvalue weighted by molar-refractivity contribution is -0.344. The molecule has 6 heteroatoms. The molecule has 3 N–H and O–H groups in total. The Kier molecular flexibility index (Phi) is 4.09. The van der Waals surface area contributed by atoms with Crippen LogP contribution in [0, 0.1) is 50.7 Å². The molecule has 6 nitrogen and oxygen atoms in total. The van der Waals surface area contributed by atoms with E-state index in [0.717, 1.165) is 25.7 Å². The van der Waals surface area contributed by atoms with Gasteiger partial charge in [0.2, 0.25) is 5.79 Å². The molecule has 3 spiro atoms. The first kappa shape index (κ1) is 23.6. The van der Waals surface area contributed by atoms with Gasteiger partial charge in [-0.05, 0) is 90.8 Å². The van der Waals surface area contributed by atoms with Crippen molar-refractivity contribution in [2.24, 2.45) is 50.7 Å². The summed E-state index contributed by atoms with van der Waals surface area (Å²) in [6.07, 6.45) is 6.37. The topological polar surface area (TPSA) is 91.7 Å². The second kappa shape index (κ2) is 6.23. The second-order valence-electron chi connectivity index (χ2n) is 16.0. The van der Waals surface area contributed by atoms with Crippen molar-refractivity contribution in [1.82, 2.24) is 0 Å². The van der Waals surface area contributed by atoms with Crippen LogP contribution >= 0.6 is 0 Å². The van der Waals surface area contributed by atoms with E-state index in [2.05, 4.69) is 34.6 Å². The molecule has 15 atom stereocenters. The number of hydrogen-bond acceptors (Lipinski definition) is 6. The van der Waals surface area contributed by atoms with E-state index in [-0.39, 0.29) is 45.4 Å². The lowest BCUT2D eigenvalue weighted by atomic mass is 9.41. The van der Waals surface area contributed by atoms with Crippen LogP contribution in [0.2, 0.25) is 0 Å². The summed E-state index contributed by atoms with van der Waals surface area (Å²) in [6, 6.07) is 0. The Balaban J connectivity index is 1.16. The first-order valence-corrected chi connectivity index (χ1v) is 14.8. The maximum atomic E-state index is 11.6. The monoisotopic (exact) mass is 502 g/mol. The predicted octanol–water partition coefficient (Wildman–Crippen LogP) is 3.99. The molecule has 202 valence electrons. The van der Waals surface area contributed by atoms with Gasteiger partial charge in [-0.15, -0.1) is 0 Å². The Hall–Kier alpha value is -0.240. The lowest BCUT2D eigenvalue weighted by Gasteiger charge is -2.64. The molecule has 0 amide bonds. The molecular formula is C30H46O6. The van der Waals surface area contributed by atoms with E-state index in [4.69, 9.17) is 14.2 Å². The molecule has 0 aromatic rings. The Bertz CT molecular complexity index is 1030. The Morgan fingerprint density at radius 2 is 1.50 bits per heavy atom. The van der Waals surface area contributed by atoms with Gasteiger partial charge in [0.05, 0.1) is 18.3 Å². The van der Waals surface area contributed by atoms with Crippen molar-refractivity contribution >= 4 is 0 Å². The summed E-state index contributed by atoms with van der Waals surface area (Å²) in [4.78, 5) is 0. The average Bonchev–Trinajstić information content (AvgIpc) is 3.63. The molecule has 0 radical (unpaired) electrons. The van der Waals surface area contributed by atoms with Crippen LogP contribution < -0.4 is 0 Å². The van der Waals surface area contributed by atoms with Gasteiger partial charge in [0, 0.05) is 18.3 Å². The van der Waals surface area contributed by atoms with Gasteiger partial charge in [0.1, 0.15) is 11.7 Å². The minimum Gasteiger partial charge on any atom is -0.392 e. The zero-order valence-electron chi connectivity index (χ0n) is 22.9. The normalized spacial score (nSPS) is 69.8. The molecule has 8 rings (SSSR count). The molecule has 3 unspecified atom stereocenters. The summed E-state index contributed by atoms with van der Waals surface area (Å²) in [6.45, 7) is 13.9. The van der Waals surface area contributed by atoms with Crippen LogP contribution in [0.3, 0.4) is 0 Å². The van der Waals surface area contributed by atoms with Crippen LogP contribution in [-0.2, 0) is 14.2 Å². The molecule has 0 bridgehead atoms. The summed E-state index contributed by atoms with van der Waals surface area (Å²) in [5.41, 5.74) is -0.255. The second-order valence-corrected chi connectivity index (χ2v) is 16.0. The number of epoxide rings is 1. The van der Waals surface area contributed by atoms with Crippen molar-refractivity contribution in [3.8, 4) is 0 Å². The molecular weight excluding hydrogens is 456 g/mol. The highest BCUT2D eigenvalue weighted by Crippen LogP contribution is 2.89. The minimum atomic E-state index is -0.919. The van der Waals surface area contributed by atoms with Crippen LogP contribution in [0.25, 0.3) is 0 Å². The number of fused-ring (bicyclic) bond motifs is 6. The largest absolute Gasteiger partial charge is 0.392 e. The van der Waals surface area contributed by atoms with Gasteiger partial charge in [0.25, 0.3) is 0 Å². The summed E-state index contributed by atoms with van der Waals surface area (Å²) in [7, 11) is 0. The van der Waals surface area contributed by atoms with E-state index in [1.165, 1.54) is 19.3 Å². The lowest BCUT2D eigenvalue weighted by Crippen LogP contribution is -2.61. The Morgan fingerprint density at radius 1 is 0.778 bits per heavy atom. The Labute approximate surface area is 215 Å². The van der Waals surface area contributed by atoms with E-state index >= 15 is 0 Å². The maximum absolute atomic E-state index is 11.6. The third kappa shape index (κ3) is 2.19. The number of aliphatic hydroxyl groups excluding tert-OH is 3. The van der Waals surface area contributed by atoms with Gasteiger partial charge < -0.3 is 29.5 Å². The van der Waals surface area contributed by atoms with Gasteiger partial charge in [-0.2, -0.15) is 0 Å². The Morgan fingerprint density at radius 3 is 2.17 bits per heavy atom. The molecule has 3 heterocycles. The van der Waals surface area contributed by atoms with Crippen LogP contribution in [-0.4, -0.2) is 57.4 Å². The number of ether oxygens (including phenoxy) is 3. The fourth-order valence-electron chi connectivity index (χ4n) is 12.9. The van der Waals surface area contributed by atoms with Gasteiger partial charge in [-0.3, -0.25) is 0 Å². The molecule has 8 aliphatic rings. The zero-order chi connectivity index (χ0) is 25.5. The SMILES string of the molecule is C[C@@H]1C[C@]2(OC(O)[C@@]3(C)O[C@@H]23)O[C@H]2C[C@@]3(C)C4CCC5C(C)(C)[C@@H](O)C[C@H](O)[C@@]56C[C@@]46CC[C@]3(C)[C@@H]12. The highest BCUT2D eigenvalue weighted by atomic mass is 16.8. The van der Waals surface area contributed by atoms with Gasteiger partial charge in [0.15, 0.2) is 6.29 Å². The molecule has 36 heavy (non-hydrogen) atoms. The van der Waals surface area contributed by atoms with Crippen molar-refractivity contribution in [2.75, 3.05) is 0 Å². The summed E-state index contributed by atoms with van der Waals surface area (Å²) in [5.74, 6) is 1.06. The number of rotatable bonds is 0. The van der Waals surface area contributed by atoms with Gasteiger partial charge >= 0.3 is 0 Å². The predicted molar refractivity (Wildman–Crippen MR) is 131 cm³/mol. The van der Waals surface area contributed by atoms with E-state index in [9.17, 15) is 15.3 Å². The van der Waals surface area contributed by atoms with E-state index in [1.54, 1.807) is 0 Å². The number of aliphatic hydroxyl groups is 3. The molecule has 0 aromatic heterocycles.